The lowest BCUT2D eigenvalue weighted by Gasteiger charge is -2.23. The van der Waals surface area contributed by atoms with Crippen molar-refractivity contribution in [3.63, 3.8) is 0 Å². The molecule has 0 spiro atoms. The molecule has 2 aromatic heterocycles. The van der Waals surface area contributed by atoms with E-state index in [2.05, 4.69) is 20.3 Å². The van der Waals surface area contributed by atoms with Crippen molar-refractivity contribution in [3.8, 4) is 10.4 Å². The van der Waals surface area contributed by atoms with Gasteiger partial charge in [-0.25, -0.2) is 18.1 Å². The van der Waals surface area contributed by atoms with Gasteiger partial charge in [-0.2, -0.15) is 13.2 Å². The van der Waals surface area contributed by atoms with Crippen LogP contribution >= 0.6 is 11.3 Å². The number of thiophene rings is 1. The van der Waals surface area contributed by atoms with E-state index in [0.29, 0.717) is 16.0 Å². The van der Waals surface area contributed by atoms with Crippen molar-refractivity contribution in [2.24, 2.45) is 0 Å². The van der Waals surface area contributed by atoms with Crippen LogP contribution in [0.1, 0.15) is 18.4 Å². The molecular weight excluding hydrogens is 413 g/mol. The molecule has 0 amide bonds. The van der Waals surface area contributed by atoms with Gasteiger partial charge in [0.1, 0.15) is 16.1 Å². The second kappa shape index (κ2) is 7.29. The van der Waals surface area contributed by atoms with Gasteiger partial charge in [-0.05, 0) is 44.1 Å². The predicted octanol–water partition coefficient (Wildman–Crippen LogP) is 2.74. The van der Waals surface area contributed by atoms with Gasteiger partial charge in [0.15, 0.2) is 0 Å². The van der Waals surface area contributed by atoms with Gasteiger partial charge in [-0.15, -0.1) is 11.3 Å². The average molecular weight is 432 g/mol. The summed E-state index contributed by atoms with van der Waals surface area (Å²) in [6.07, 6.45) is -1.73. The Morgan fingerprint density at radius 3 is 2.64 bits per heavy atom. The Bertz CT molecular complexity index is 969. The second-order valence-electron chi connectivity index (χ2n) is 6.89. The number of sulfonamides is 1. The maximum atomic E-state index is 13.1. The third kappa shape index (κ3) is 3.88. The fourth-order valence-corrected chi connectivity index (χ4v) is 6.18. The van der Waals surface area contributed by atoms with Crippen LogP contribution in [0.15, 0.2) is 28.6 Å². The number of fused-ring (bicyclic) bond motifs is 1. The first-order valence-electron chi connectivity index (χ1n) is 8.88. The summed E-state index contributed by atoms with van der Waals surface area (Å²) in [5.74, 6) is 0.200. The fraction of sp³-hybridized carbons (Fsp3) is 0.471. The number of anilines is 1. The Kier molecular flexibility index (Phi) is 5.10. The van der Waals surface area contributed by atoms with Gasteiger partial charge < -0.3 is 10.6 Å². The van der Waals surface area contributed by atoms with E-state index < -0.39 is 22.2 Å². The van der Waals surface area contributed by atoms with Crippen LogP contribution in [-0.4, -0.2) is 44.8 Å². The Morgan fingerprint density at radius 2 is 1.93 bits per heavy atom. The monoisotopic (exact) mass is 432 g/mol. The van der Waals surface area contributed by atoms with Gasteiger partial charge in [-0.1, -0.05) is 0 Å². The zero-order valence-electron chi connectivity index (χ0n) is 14.7. The van der Waals surface area contributed by atoms with Crippen LogP contribution in [-0.2, 0) is 16.4 Å². The number of rotatable bonds is 4. The number of halogens is 3. The van der Waals surface area contributed by atoms with Crippen molar-refractivity contribution in [2.75, 3.05) is 18.4 Å². The minimum Gasteiger partial charge on any atom is -0.358 e. The zero-order chi connectivity index (χ0) is 19.9. The highest BCUT2D eigenvalue weighted by atomic mass is 32.2. The van der Waals surface area contributed by atoms with Gasteiger partial charge in [0.25, 0.3) is 0 Å². The van der Waals surface area contributed by atoms with Gasteiger partial charge in [0, 0.05) is 34.7 Å². The van der Waals surface area contributed by atoms with E-state index in [4.69, 9.17) is 0 Å². The highest BCUT2D eigenvalue weighted by molar-refractivity contribution is 7.91. The molecule has 6 nitrogen and oxygen atoms in total. The Balaban J connectivity index is 1.58. The van der Waals surface area contributed by atoms with E-state index in [9.17, 15) is 21.6 Å². The van der Waals surface area contributed by atoms with Crippen LogP contribution in [0.4, 0.5) is 19.0 Å². The quantitative estimate of drug-likeness (QED) is 0.692. The highest BCUT2D eigenvalue weighted by Gasteiger charge is 2.44. The number of piperidine rings is 1. The molecule has 1 fully saturated rings. The van der Waals surface area contributed by atoms with Crippen molar-refractivity contribution in [1.82, 2.24) is 15.0 Å². The summed E-state index contributed by atoms with van der Waals surface area (Å²) in [6, 6.07) is 2.97. The van der Waals surface area contributed by atoms with Crippen LogP contribution in [0.2, 0.25) is 0 Å². The molecule has 2 aliphatic heterocycles. The SMILES string of the molecule is O=S(=O)(NC1CCNCC1)c1ccc(-c2ccnc3c2CC(C(F)(F)F)N3)s1. The number of hydrogen-bond acceptors (Lipinski definition) is 6. The van der Waals surface area contributed by atoms with Crippen molar-refractivity contribution < 1.29 is 21.6 Å². The summed E-state index contributed by atoms with van der Waals surface area (Å²) in [6.45, 7) is 1.53. The van der Waals surface area contributed by atoms with E-state index >= 15 is 0 Å². The summed E-state index contributed by atoms with van der Waals surface area (Å²) < 4.78 is 67.4. The molecule has 1 saturated heterocycles. The maximum Gasteiger partial charge on any atom is 0.408 e. The van der Waals surface area contributed by atoms with Crippen molar-refractivity contribution in [1.29, 1.82) is 0 Å². The molecule has 0 radical (unpaired) electrons. The van der Waals surface area contributed by atoms with Crippen molar-refractivity contribution >= 4 is 27.2 Å². The topological polar surface area (TPSA) is 83.1 Å². The number of nitrogens with one attached hydrogen (secondary N) is 3. The highest BCUT2D eigenvalue weighted by Crippen LogP contribution is 2.40. The van der Waals surface area contributed by atoms with E-state index in [-0.39, 0.29) is 22.5 Å². The molecule has 0 saturated carbocycles. The summed E-state index contributed by atoms with van der Waals surface area (Å²) in [5.41, 5.74) is 1.04. The van der Waals surface area contributed by atoms with Gasteiger partial charge in [0.05, 0.1) is 0 Å². The molecule has 2 aliphatic rings. The normalized spacial score (nSPS) is 20.8. The molecule has 2 aromatic rings. The number of alkyl halides is 3. The van der Waals surface area contributed by atoms with E-state index in [1.807, 2.05) is 0 Å². The van der Waals surface area contributed by atoms with E-state index in [1.54, 1.807) is 12.1 Å². The summed E-state index contributed by atoms with van der Waals surface area (Å²) in [4.78, 5) is 4.60. The molecule has 3 N–H and O–H groups in total. The molecule has 11 heteroatoms. The van der Waals surface area contributed by atoms with E-state index in [1.165, 1.54) is 12.3 Å². The van der Waals surface area contributed by atoms with E-state index in [0.717, 1.165) is 37.3 Å². The van der Waals surface area contributed by atoms with Crippen LogP contribution in [0.3, 0.4) is 0 Å². The third-order valence-corrected chi connectivity index (χ3v) is 8.07. The summed E-state index contributed by atoms with van der Waals surface area (Å²) in [7, 11) is -3.67. The molecule has 4 rings (SSSR count). The van der Waals surface area contributed by atoms with Gasteiger partial charge >= 0.3 is 6.18 Å². The van der Waals surface area contributed by atoms with Crippen LogP contribution in [0, 0.1) is 0 Å². The lowest BCUT2D eigenvalue weighted by atomic mass is 10.0. The molecular formula is C17H19F3N4O2S2. The molecule has 0 aromatic carbocycles. The first kappa shape index (κ1) is 19.6. The third-order valence-electron chi connectivity index (χ3n) is 4.94. The maximum absolute atomic E-state index is 13.1. The zero-order valence-corrected chi connectivity index (χ0v) is 16.3. The lowest BCUT2D eigenvalue weighted by Crippen LogP contribution is -2.42. The average Bonchev–Trinajstić information content (AvgIpc) is 3.29. The first-order valence-corrected chi connectivity index (χ1v) is 11.2. The van der Waals surface area contributed by atoms with Crippen LogP contribution in [0.25, 0.3) is 10.4 Å². The molecule has 152 valence electrons. The van der Waals surface area contributed by atoms with Crippen LogP contribution < -0.4 is 15.4 Å². The predicted molar refractivity (Wildman–Crippen MR) is 101 cm³/mol. The minimum atomic E-state index is -4.37. The number of aromatic nitrogens is 1. The number of hydrogen-bond donors (Lipinski definition) is 3. The number of nitrogens with zero attached hydrogens (tertiary/aromatic N) is 1. The lowest BCUT2D eigenvalue weighted by molar-refractivity contribution is -0.140. The standard InChI is InChI=1S/C17H19F3N4O2S2/c18-17(19,20)14-9-12-11(5-8-22-16(12)23-14)13-1-2-15(27-13)28(25,26)24-10-3-6-21-7-4-10/h1-2,5,8,10,14,21,24H,3-4,6-7,9H2,(H,22,23). The Hall–Kier alpha value is -1.69. The summed E-state index contributed by atoms with van der Waals surface area (Å²) >= 11 is 1.05. The molecule has 1 unspecified atom stereocenters. The Labute approximate surface area is 164 Å². The van der Waals surface area contributed by atoms with Gasteiger partial charge in [0.2, 0.25) is 10.0 Å². The molecule has 0 aliphatic carbocycles. The first-order chi connectivity index (χ1) is 13.2. The molecule has 0 bridgehead atoms. The molecule has 28 heavy (non-hydrogen) atoms. The van der Waals surface area contributed by atoms with Crippen molar-refractivity contribution in [2.45, 2.75) is 41.7 Å². The second-order valence-corrected chi connectivity index (χ2v) is 9.92. The number of pyridine rings is 1. The van der Waals surface area contributed by atoms with Crippen LogP contribution in [0.5, 0.6) is 0 Å². The van der Waals surface area contributed by atoms with Gasteiger partial charge in [-0.3, -0.25) is 0 Å². The largest absolute Gasteiger partial charge is 0.408 e. The molecule has 1 atom stereocenters. The smallest absolute Gasteiger partial charge is 0.358 e. The van der Waals surface area contributed by atoms with Crippen molar-refractivity contribution in [3.05, 3.63) is 30.0 Å². The Morgan fingerprint density at radius 1 is 1.18 bits per heavy atom. The molecule has 4 heterocycles. The fourth-order valence-electron chi connectivity index (χ4n) is 3.50. The summed E-state index contributed by atoms with van der Waals surface area (Å²) in [5, 5.41) is 5.59. The minimum absolute atomic E-state index is 0.112.